The van der Waals surface area contributed by atoms with Crippen LogP contribution in [0.3, 0.4) is 0 Å². The highest BCUT2D eigenvalue weighted by Gasteiger charge is 2.22. The number of allylic oxidation sites excluding steroid dienone is 2. The van der Waals surface area contributed by atoms with Gasteiger partial charge in [-0.3, -0.25) is 4.79 Å². The van der Waals surface area contributed by atoms with E-state index in [2.05, 4.69) is 67.6 Å². The molecule has 0 atom stereocenters. The monoisotopic (exact) mass is 350 g/mol. The predicted octanol–water partition coefficient (Wildman–Crippen LogP) is 6.49. The van der Waals surface area contributed by atoms with Crippen LogP contribution in [0.4, 0.5) is 0 Å². The molecule has 3 aromatic rings. The van der Waals surface area contributed by atoms with Crippen molar-refractivity contribution >= 4 is 17.9 Å². The highest BCUT2D eigenvalue weighted by atomic mass is 16.1. The number of benzene rings is 3. The molecule has 0 radical (unpaired) electrons. The van der Waals surface area contributed by atoms with E-state index in [4.69, 9.17) is 0 Å². The van der Waals surface area contributed by atoms with Gasteiger partial charge in [0, 0.05) is 11.1 Å². The van der Waals surface area contributed by atoms with E-state index in [1.165, 1.54) is 16.7 Å². The van der Waals surface area contributed by atoms with Crippen LogP contribution in [-0.2, 0) is 4.79 Å². The molecule has 0 bridgehead atoms. The van der Waals surface area contributed by atoms with Crippen molar-refractivity contribution in [3.05, 3.63) is 107 Å². The summed E-state index contributed by atoms with van der Waals surface area (Å²) in [4.78, 5) is 12.7. The van der Waals surface area contributed by atoms with Crippen molar-refractivity contribution in [1.82, 2.24) is 0 Å². The van der Waals surface area contributed by atoms with Gasteiger partial charge < -0.3 is 0 Å². The van der Waals surface area contributed by atoms with E-state index >= 15 is 0 Å². The first-order chi connectivity index (χ1) is 13.2. The zero-order valence-electron chi connectivity index (χ0n) is 15.5. The number of Topliss-reactive ketones (excluding diaryl/α,β-unsaturated/α-hetero) is 1. The van der Waals surface area contributed by atoms with Crippen LogP contribution >= 0.6 is 0 Å². The summed E-state index contributed by atoms with van der Waals surface area (Å²) in [6, 6.07) is 27.0. The number of carbonyl (C=O) groups is 1. The fraction of sp³-hybridized carbons (Fsp3) is 0.115. The van der Waals surface area contributed by atoms with Gasteiger partial charge in [-0.2, -0.15) is 0 Å². The highest BCUT2D eigenvalue weighted by molar-refractivity contribution is 6.15. The third-order valence-electron chi connectivity index (χ3n) is 5.02. The van der Waals surface area contributed by atoms with Crippen molar-refractivity contribution < 1.29 is 4.79 Å². The van der Waals surface area contributed by atoms with E-state index < -0.39 is 0 Å². The summed E-state index contributed by atoms with van der Waals surface area (Å²) in [5, 5.41) is 0. The molecule has 1 fully saturated rings. The second-order valence-electron chi connectivity index (χ2n) is 7.07. The van der Waals surface area contributed by atoms with Gasteiger partial charge in [0.1, 0.15) is 0 Å². The van der Waals surface area contributed by atoms with Crippen LogP contribution in [0, 0.1) is 6.92 Å². The molecule has 3 aromatic carbocycles. The Labute approximate surface area is 160 Å². The second kappa shape index (κ2) is 7.59. The number of aryl methyl sites for hydroxylation is 1. The number of ketones is 1. The van der Waals surface area contributed by atoms with Crippen molar-refractivity contribution in [1.29, 1.82) is 0 Å². The van der Waals surface area contributed by atoms with E-state index in [1.807, 2.05) is 30.4 Å². The molecule has 0 aliphatic heterocycles. The molecule has 1 heteroatoms. The largest absolute Gasteiger partial charge is 0.289 e. The third-order valence-corrected chi connectivity index (χ3v) is 5.02. The maximum atomic E-state index is 12.7. The molecular weight excluding hydrogens is 328 g/mol. The van der Waals surface area contributed by atoms with Gasteiger partial charge in [-0.25, -0.2) is 0 Å². The molecule has 132 valence electrons. The summed E-state index contributed by atoms with van der Waals surface area (Å²) in [7, 11) is 0. The molecule has 0 N–H and O–H groups in total. The Morgan fingerprint density at radius 1 is 0.630 bits per heavy atom. The molecular formula is C26H22O. The molecule has 1 aliphatic rings. The minimum atomic E-state index is 0.183. The van der Waals surface area contributed by atoms with Gasteiger partial charge in [0.05, 0.1) is 0 Å². The molecule has 0 unspecified atom stereocenters. The maximum Gasteiger partial charge on any atom is 0.185 e. The lowest BCUT2D eigenvalue weighted by atomic mass is 10.0. The Hall–Kier alpha value is -3.19. The molecule has 0 saturated heterocycles. The van der Waals surface area contributed by atoms with Gasteiger partial charge in [-0.1, -0.05) is 84.4 Å². The lowest BCUT2D eigenvalue weighted by Crippen LogP contribution is -1.95. The van der Waals surface area contributed by atoms with Crippen molar-refractivity contribution in [2.24, 2.45) is 0 Å². The fourth-order valence-corrected chi connectivity index (χ4v) is 3.45. The van der Waals surface area contributed by atoms with Gasteiger partial charge >= 0.3 is 0 Å². The summed E-state index contributed by atoms with van der Waals surface area (Å²) >= 11 is 0. The number of rotatable bonds is 3. The Morgan fingerprint density at radius 2 is 1.11 bits per heavy atom. The normalized spacial score (nSPS) is 17.0. The summed E-state index contributed by atoms with van der Waals surface area (Å²) in [5.41, 5.74) is 7.61. The van der Waals surface area contributed by atoms with Gasteiger partial charge in [-0.05, 0) is 54.2 Å². The third kappa shape index (κ3) is 3.98. The molecule has 27 heavy (non-hydrogen) atoms. The van der Waals surface area contributed by atoms with Crippen molar-refractivity contribution in [3.63, 3.8) is 0 Å². The Kier molecular flexibility index (Phi) is 4.84. The topological polar surface area (TPSA) is 17.1 Å². The minimum absolute atomic E-state index is 0.183. The van der Waals surface area contributed by atoms with Crippen LogP contribution in [0.5, 0.6) is 0 Å². The van der Waals surface area contributed by atoms with E-state index in [0.717, 1.165) is 35.1 Å². The zero-order chi connectivity index (χ0) is 18.6. The Morgan fingerprint density at radius 3 is 1.67 bits per heavy atom. The summed E-state index contributed by atoms with van der Waals surface area (Å²) < 4.78 is 0. The van der Waals surface area contributed by atoms with Crippen molar-refractivity contribution in [2.45, 2.75) is 19.8 Å². The standard InChI is InChI=1S/C26H22O/c1-19-7-9-20(10-8-19)17-24-15-16-25(26(24)27)18-21-11-13-23(14-12-21)22-5-3-2-4-6-22/h2-14,17-18H,15-16H2,1H3/b24-17+,25-18-. The minimum Gasteiger partial charge on any atom is -0.289 e. The van der Waals surface area contributed by atoms with Crippen molar-refractivity contribution in [2.75, 3.05) is 0 Å². The van der Waals surface area contributed by atoms with Crippen LogP contribution in [-0.4, -0.2) is 5.78 Å². The number of carbonyl (C=O) groups excluding carboxylic acids is 1. The zero-order valence-corrected chi connectivity index (χ0v) is 15.5. The predicted molar refractivity (Wildman–Crippen MR) is 113 cm³/mol. The molecule has 1 nitrogen and oxygen atoms in total. The number of hydrogen-bond acceptors (Lipinski definition) is 1. The second-order valence-corrected chi connectivity index (χ2v) is 7.07. The Bertz CT molecular complexity index is 1000. The van der Waals surface area contributed by atoms with Gasteiger partial charge in [0.2, 0.25) is 0 Å². The lowest BCUT2D eigenvalue weighted by Gasteiger charge is -2.02. The molecule has 4 rings (SSSR count). The van der Waals surface area contributed by atoms with E-state index in [0.29, 0.717) is 0 Å². The van der Waals surface area contributed by atoms with Crippen molar-refractivity contribution in [3.8, 4) is 11.1 Å². The van der Waals surface area contributed by atoms with Crippen LogP contribution in [0.25, 0.3) is 23.3 Å². The van der Waals surface area contributed by atoms with Gasteiger partial charge in [-0.15, -0.1) is 0 Å². The Balaban J connectivity index is 1.53. The summed E-state index contributed by atoms with van der Waals surface area (Å²) in [5.74, 6) is 0.183. The molecule has 0 spiro atoms. The summed E-state index contributed by atoms with van der Waals surface area (Å²) in [6.07, 6.45) is 5.70. The molecule has 1 saturated carbocycles. The van der Waals surface area contributed by atoms with Crippen LogP contribution in [0.15, 0.2) is 90.0 Å². The van der Waals surface area contributed by atoms with Gasteiger partial charge in [0.15, 0.2) is 5.78 Å². The van der Waals surface area contributed by atoms with Gasteiger partial charge in [0.25, 0.3) is 0 Å². The fourth-order valence-electron chi connectivity index (χ4n) is 3.45. The summed E-state index contributed by atoms with van der Waals surface area (Å²) in [6.45, 7) is 2.07. The first-order valence-corrected chi connectivity index (χ1v) is 9.37. The molecule has 0 heterocycles. The average molecular weight is 350 g/mol. The van der Waals surface area contributed by atoms with E-state index in [-0.39, 0.29) is 5.78 Å². The number of hydrogen-bond donors (Lipinski definition) is 0. The molecule has 0 aromatic heterocycles. The van der Waals surface area contributed by atoms with Crippen LogP contribution in [0.2, 0.25) is 0 Å². The smallest absolute Gasteiger partial charge is 0.185 e. The van der Waals surface area contributed by atoms with Crippen LogP contribution < -0.4 is 0 Å². The first kappa shape index (κ1) is 17.2. The van der Waals surface area contributed by atoms with E-state index in [9.17, 15) is 4.79 Å². The molecule has 1 aliphatic carbocycles. The average Bonchev–Trinajstić information content (AvgIpc) is 3.04. The van der Waals surface area contributed by atoms with Crippen LogP contribution in [0.1, 0.15) is 29.5 Å². The highest BCUT2D eigenvalue weighted by Crippen LogP contribution is 2.30. The quantitative estimate of drug-likeness (QED) is 0.493. The SMILES string of the molecule is Cc1ccc(/C=C2\CC/C(=C/c3ccc(-c4ccccc4)cc3)C2=O)cc1. The van der Waals surface area contributed by atoms with E-state index in [1.54, 1.807) is 0 Å². The lowest BCUT2D eigenvalue weighted by molar-refractivity contribution is -0.111. The maximum absolute atomic E-state index is 12.7. The molecule has 0 amide bonds. The first-order valence-electron chi connectivity index (χ1n) is 9.37.